The van der Waals surface area contributed by atoms with Gasteiger partial charge in [-0.1, -0.05) is 0 Å². The van der Waals surface area contributed by atoms with Crippen LogP contribution < -0.4 is 14.2 Å². The summed E-state index contributed by atoms with van der Waals surface area (Å²) < 4.78 is 28.7. The van der Waals surface area contributed by atoms with Crippen molar-refractivity contribution in [3.8, 4) is 17.2 Å². The second-order valence-electron chi connectivity index (χ2n) is 4.40. The van der Waals surface area contributed by atoms with Crippen LogP contribution in [-0.4, -0.2) is 31.3 Å². The molecular weight excluding hydrogens is 307 g/mol. The molecule has 120 valence electrons. The van der Waals surface area contributed by atoms with Crippen LogP contribution in [0, 0.1) is 5.82 Å². The molecule has 0 heterocycles. The molecule has 0 unspecified atom stereocenters. The van der Waals surface area contributed by atoms with Crippen LogP contribution in [0.15, 0.2) is 36.4 Å². The lowest BCUT2D eigenvalue weighted by atomic mass is 10.2. The van der Waals surface area contributed by atoms with E-state index in [0.717, 1.165) is 12.1 Å². The van der Waals surface area contributed by atoms with Gasteiger partial charge in [0.1, 0.15) is 28.6 Å². The minimum Gasteiger partial charge on any atom is -0.497 e. The van der Waals surface area contributed by atoms with Gasteiger partial charge in [-0.25, -0.2) is 14.0 Å². The summed E-state index contributed by atoms with van der Waals surface area (Å²) in [5, 5.41) is 8.76. The standard InChI is InChI=1S/C16H13FO6/c1-21-9-3-6-12(14(8-9)22-2)16(20)23-10-4-5-11(15(18)19)13(17)7-10/h3-8H,1-2H3,(H,18,19). The van der Waals surface area contributed by atoms with Gasteiger partial charge < -0.3 is 19.3 Å². The van der Waals surface area contributed by atoms with Crippen LogP contribution >= 0.6 is 0 Å². The summed E-state index contributed by atoms with van der Waals surface area (Å²) in [7, 11) is 2.85. The van der Waals surface area contributed by atoms with Gasteiger partial charge in [0, 0.05) is 12.1 Å². The Balaban J connectivity index is 2.25. The maximum atomic E-state index is 13.6. The van der Waals surface area contributed by atoms with Gasteiger partial charge in [-0.2, -0.15) is 0 Å². The average Bonchev–Trinajstić information content (AvgIpc) is 2.53. The predicted octanol–water partition coefficient (Wildman–Crippen LogP) is 2.76. The molecule has 0 saturated heterocycles. The van der Waals surface area contributed by atoms with Gasteiger partial charge in [0.15, 0.2) is 0 Å². The van der Waals surface area contributed by atoms with Crippen molar-refractivity contribution >= 4 is 11.9 Å². The number of esters is 1. The number of aromatic carboxylic acids is 1. The van der Waals surface area contributed by atoms with Crippen molar-refractivity contribution in [1.82, 2.24) is 0 Å². The molecule has 1 N–H and O–H groups in total. The van der Waals surface area contributed by atoms with Gasteiger partial charge in [0.05, 0.1) is 19.8 Å². The second kappa shape index (κ2) is 6.78. The van der Waals surface area contributed by atoms with Crippen molar-refractivity contribution in [2.45, 2.75) is 0 Å². The first-order chi connectivity index (χ1) is 11.0. The highest BCUT2D eigenvalue weighted by Gasteiger charge is 2.17. The maximum Gasteiger partial charge on any atom is 0.347 e. The predicted molar refractivity (Wildman–Crippen MR) is 77.9 cm³/mol. The Hall–Kier alpha value is -3.09. The molecule has 0 saturated carbocycles. The molecule has 0 atom stereocenters. The lowest BCUT2D eigenvalue weighted by Crippen LogP contribution is -2.11. The Bertz CT molecular complexity index is 756. The maximum absolute atomic E-state index is 13.6. The summed E-state index contributed by atoms with van der Waals surface area (Å²) in [5.74, 6) is -2.56. The number of rotatable bonds is 5. The highest BCUT2D eigenvalue weighted by Crippen LogP contribution is 2.26. The smallest absolute Gasteiger partial charge is 0.347 e. The zero-order chi connectivity index (χ0) is 17.0. The van der Waals surface area contributed by atoms with Gasteiger partial charge in [-0.15, -0.1) is 0 Å². The molecule has 2 aromatic rings. The number of carboxylic acids is 1. The van der Waals surface area contributed by atoms with Crippen LogP contribution in [-0.2, 0) is 0 Å². The van der Waals surface area contributed by atoms with E-state index in [9.17, 15) is 14.0 Å². The third-order valence-electron chi connectivity index (χ3n) is 3.01. The number of hydrogen-bond donors (Lipinski definition) is 1. The number of methoxy groups -OCH3 is 2. The SMILES string of the molecule is COc1ccc(C(=O)Oc2ccc(C(=O)O)c(F)c2)c(OC)c1. The summed E-state index contributed by atoms with van der Waals surface area (Å²) in [6.07, 6.45) is 0. The molecule has 2 aromatic carbocycles. The lowest BCUT2D eigenvalue weighted by Gasteiger charge is -2.10. The van der Waals surface area contributed by atoms with Crippen LogP contribution in [0.2, 0.25) is 0 Å². The number of carbonyl (C=O) groups is 2. The normalized spacial score (nSPS) is 10.0. The molecule has 2 rings (SSSR count). The van der Waals surface area contributed by atoms with E-state index in [1.54, 1.807) is 6.07 Å². The van der Waals surface area contributed by atoms with E-state index in [4.69, 9.17) is 19.3 Å². The van der Waals surface area contributed by atoms with E-state index in [1.807, 2.05) is 0 Å². The van der Waals surface area contributed by atoms with E-state index >= 15 is 0 Å². The highest BCUT2D eigenvalue weighted by molar-refractivity contribution is 5.94. The molecule has 0 spiro atoms. The molecule has 0 aliphatic heterocycles. The van der Waals surface area contributed by atoms with Crippen LogP contribution in [0.1, 0.15) is 20.7 Å². The first-order valence-electron chi connectivity index (χ1n) is 6.43. The summed E-state index contributed by atoms with van der Waals surface area (Å²) in [6.45, 7) is 0. The average molecular weight is 320 g/mol. The van der Waals surface area contributed by atoms with Gasteiger partial charge in [0.25, 0.3) is 0 Å². The highest BCUT2D eigenvalue weighted by atomic mass is 19.1. The molecule has 7 heteroatoms. The number of carbonyl (C=O) groups excluding carboxylic acids is 1. The number of hydrogen-bond acceptors (Lipinski definition) is 5. The van der Waals surface area contributed by atoms with Gasteiger partial charge in [-0.3, -0.25) is 0 Å². The number of carboxylic acid groups (broad SMARTS) is 1. The van der Waals surface area contributed by atoms with Crippen molar-refractivity contribution in [2.75, 3.05) is 14.2 Å². The second-order valence-corrected chi connectivity index (χ2v) is 4.40. The summed E-state index contributed by atoms with van der Waals surface area (Å²) in [5.41, 5.74) is -0.386. The molecule has 0 bridgehead atoms. The topological polar surface area (TPSA) is 82.1 Å². The van der Waals surface area contributed by atoms with E-state index < -0.39 is 23.3 Å². The van der Waals surface area contributed by atoms with Gasteiger partial charge in [0.2, 0.25) is 0 Å². The molecule has 0 fully saturated rings. The molecule has 6 nitrogen and oxygen atoms in total. The molecule has 0 aromatic heterocycles. The minimum absolute atomic E-state index is 0.115. The van der Waals surface area contributed by atoms with Crippen molar-refractivity contribution in [2.24, 2.45) is 0 Å². The Morgan fingerprint density at radius 3 is 2.17 bits per heavy atom. The van der Waals surface area contributed by atoms with Crippen LogP contribution in [0.4, 0.5) is 4.39 Å². The summed E-state index contributed by atoms with van der Waals surface area (Å²) >= 11 is 0. The fourth-order valence-corrected chi connectivity index (χ4v) is 1.86. The Morgan fingerprint density at radius 1 is 0.957 bits per heavy atom. The van der Waals surface area contributed by atoms with Crippen molar-refractivity contribution in [3.05, 3.63) is 53.3 Å². The number of halogens is 1. The van der Waals surface area contributed by atoms with Crippen LogP contribution in [0.3, 0.4) is 0 Å². The third kappa shape index (κ3) is 3.57. The zero-order valence-corrected chi connectivity index (χ0v) is 12.3. The monoisotopic (exact) mass is 320 g/mol. The quantitative estimate of drug-likeness (QED) is 0.674. The summed E-state index contributed by atoms with van der Waals surface area (Å²) in [4.78, 5) is 22.9. The van der Waals surface area contributed by atoms with Crippen molar-refractivity contribution in [1.29, 1.82) is 0 Å². The van der Waals surface area contributed by atoms with E-state index in [0.29, 0.717) is 5.75 Å². The fourth-order valence-electron chi connectivity index (χ4n) is 1.86. The molecule has 23 heavy (non-hydrogen) atoms. The number of ether oxygens (including phenoxy) is 3. The largest absolute Gasteiger partial charge is 0.497 e. The van der Waals surface area contributed by atoms with E-state index in [1.165, 1.54) is 32.4 Å². The van der Waals surface area contributed by atoms with Crippen LogP contribution in [0.25, 0.3) is 0 Å². The van der Waals surface area contributed by atoms with Crippen LogP contribution in [0.5, 0.6) is 17.2 Å². The first-order valence-corrected chi connectivity index (χ1v) is 6.43. The Labute approximate surface area is 131 Å². The van der Waals surface area contributed by atoms with E-state index in [-0.39, 0.29) is 17.1 Å². The molecular formula is C16H13FO6. The molecule has 0 radical (unpaired) electrons. The lowest BCUT2D eigenvalue weighted by molar-refractivity contribution is 0.0691. The van der Waals surface area contributed by atoms with Gasteiger partial charge >= 0.3 is 11.9 Å². The first kappa shape index (κ1) is 16.3. The van der Waals surface area contributed by atoms with Crippen molar-refractivity contribution < 1.29 is 33.3 Å². The Kier molecular flexibility index (Phi) is 4.80. The minimum atomic E-state index is -1.41. The number of benzene rings is 2. The third-order valence-corrected chi connectivity index (χ3v) is 3.01. The zero-order valence-electron chi connectivity index (χ0n) is 12.3. The molecule has 0 aliphatic carbocycles. The fraction of sp³-hybridized carbons (Fsp3) is 0.125. The van der Waals surface area contributed by atoms with E-state index in [2.05, 4.69) is 0 Å². The van der Waals surface area contributed by atoms with Crippen molar-refractivity contribution in [3.63, 3.8) is 0 Å². The molecule has 0 amide bonds. The van der Waals surface area contributed by atoms with Gasteiger partial charge in [-0.05, 0) is 24.3 Å². The summed E-state index contributed by atoms with van der Waals surface area (Å²) in [6, 6.07) is 7.54. The Morgan fingerprint density at radius 2 is 1.61 bits per heavy atom. The molecule has 0 aliphatic rings.